The highest BCUT2D eigenvalue weighted by atomic mass is 16.5. The lowest BCUT2D eigenvalue weighted by atomic mass is 10.0. The van der Waals surface area contributed by atoms with Crippen molar-refractivity contribution < 1.29 is 9.84 Å². The molecule has 0 heterocycles. The molecule has 0 fully saturated rings. The van der Waals surface area contributed by atoms with Crippen LogP contribution >= 0.6 is 0 Å². The average molecular weight is 246 g/mol. The van der Waals surface area contributed by atoms with Gasteiger partial charge in [-0.3, -0.25) is 4.90 Å². The van der Waals surface area contributed by atoms with Gasteiger partial charge < -0.3 is 15.2 Å². The summed E-state index contributed by atoms with van der Waals surface area (Å²) in [5.74, 6) is 0.622. The molecule has 0 amide bonds. The number of likely N-dealkylation sites (N-methyl/N-ethyl adjacent to an activating group) is 1. The van der Waals surface area contributed by atoms with Gasteiger partial charge in [-0.2, -0.15) is 0 Å². The molecule has 0 rings (SSSR count). The lowest BCUT2D eigenvalue weighted by molar-refractivity contribution is 0.0892. The van der Waals surface area contributed by atoms with Gasteiger partial charge in [0.25, 0.3) is 0 Å². The summed E-state index contributed by atoms with van der Waals surface area (Å²) in [6, 6.07) is 0. The average Bonchev–Trinajstić information content (AvgIpc) is 2.25. The van der Waals surface area contributed by atoms with E-state index >= 15 is 0 Å². The second-order valence-electron chi connectivity index (χ2n) is 5.37. The Hall–Kier alpha value is -0.160. The zero-order valence-electron chi connectivity index (χ0n) is 12.1. The first kappa shape index (κ1) is 16.8. The lowest BCUT2D eigenvalue weighted by Crippen LogP contribution is -2.55. The lowest BCUT2D eigenvalue weighted by Gasteiger charge is -2.35. The molecule has 2 N–H and O–H groups in total. The van der Waals surface area contributed by atoms with Crippen LogP contribution in [0.15, 0.2) is 0 Å². The van der Waals surface area contributed by atoms with Crippen LogP contribution in [0.4, 0.5) is 0 Å². The van der Waals surface area contributed by atoms with Crippen LogP contribution in [-0.4, -0.2) is 62.0 Å². The highest BCUT2D eigenvalue weighted by Crippen LogP contribution is 2.08. The molecule has 0 aromatic carbocycles. The van der Waals surface area contributed by atoms with Gasteiger partial charge in [-0.15, -0.1) is 0 Å². The van der Waals surface area contributed by atoms with Gasteiger partial charge in [-0.05, 0) is 19.4 Å². The molecule has 0 aromatic rings. The summed E-state index contributed by atoms with van der Waals surface area (Å²) in [7, 11) is 1.73. The molecule has 0 aromatic heterocycles. The van der Waals surface area contributed by atoms with Crippen molar-refractivity contribution >= 4 is 0 Å². The highest BCUT2D eigenvalue weighted by molar-refractivity contribution is 4.86. The Morgan fingerprint density at radius 1 is 1.41 bits per heavy atom. The maximum absolute atomic E-state index is 9.50. The van der Waals surface area contributed by atoms with Crippen LogP contribution in [0.2, 0.25) is 0 Å². The smallest absolute Gasteiger partial charge is 0.0623 e. The number of aliphatic hydroxyl groups is 1. The summed E-state index contributed by atoms with van der Waals surface area (Å²) in [5.41, 5.74) is -0.225. The van der Waals surface area contributed by atoms with Gasteiger partial charge in [-0.25, -0.2) is 0 Å². The molecule has 0 saturated carbocycles. The number of rotatable bonds is 10. The van der Waals surface area contributed by atoms with Crippen LogP contribution in [-0.2, 0) is 4.74 Å². The third-order valence-electron chi connectivity index (χ3n) is 2.76. The molecule has 0 radical (unpaired) electrons. The van der Waals surface area contributed by atoms with E-state index < -0.39 is 0 Å². The minimum atomic E-state index is -0.225. The third-order valence-corrected chi connectivity index (χ3v) is 2.76. The van der Waals surface area contributed by atoms with Crippen LogP contribution in [0.5, 0.6) is 0 Å². The molecule has 0 saturated heterocycles. The van der Waals surface area contributed by atoms with Crippen LogP contribution < -0.4 is 5.32 Å². The van der Waals surface area contributed by atoms with Gasteiger partial charge in [0.2, 0.25) is 0 Å². The first-order valence-electron chi connectivity index (χ1n) is 6.54. The van der Waals surface area contributed by atoms with Crippen LogP contribution in [0.1, 0.15) is 27.7 Å². The first-order chi connectivity index (χ1) is 7.97. The first-order valence-corrected chi connectivity index (χ1v) is 6.54. The summed E-state index contributed by atoms with van der Waals surface area (Å²) in [6.45, 7) is 13.1. The van der Waals surface area contributed by atoms with E-state index in [2.05, 4.69) is 37.9 Å². The minimum absolute atomic E-state index is 0.155. The fraction of sp³-hybridized carbons (Fsp3) is 1.00. The van der Waals surface area contributed by atoms with E-state index in [1.165, 1.54) is 0 Å². The number of aliphatic hydroxyl groups excluding tert-OH is 1. The van der Waals surface area contributed by atoms with Crippen molar-refractivity contribution in [1.82, 2.24) is 10.2 Å². The molecule has 0 aliphatic heterocycles. The van der Waals surface area contributed by atoms with Crippen molar-refractivity contribution in [3.8, 4) is 0 Å². The van der Waals surface area contributed by atoms with E-state index in [-0.39, 0.29) is 12.1 Å². The fourth-order valence-electron chi connectivity index (χ4n) is 2.05. The van der Waals surface area contributed by atoms with E-state index in [1.807, 2.05) is 0 Å². The number of methoxy groups -OCH3 is 1. The molecule has 17 heavy (non-hydrogen) atoms. The number of nitrogens with zero attached hydrogens (tertiary/aromatic N) is 1. The summed E-state index contributed by atoms with van der Waals surface area (Å²) < 4.78 is 5.14. The Labute approximate surface area is 106 Å². The Kier molecular flexibility index (Phi) is 8.78. The number of ether oxygens (including phenoxy) is 1. The maximum Gasteiger partial charge on any atom is 0.0623 e. The van der Waals surface area contributed by atoms with E-state index in [1.54, 1.807) is 7.11 Å². The fourth-order valence-corrected chi connectivity index (χ4v) is 2.05. The van der Waals surface area contributed by atoms with Crippen molar-refractivity contribution in [2.24, 2.45) is 5.92 Å². The zero-order chi connectivity index (χ0) is 13.3. The molecule has 0 spiro atoms. The van der Waals surface area contributed by atoms with Gasteiger partial charge >= 0.3 is 0 Å². The zero-order valence-corrected chi connectivity index (χ0v) is 12.1. The van der Waals surface area contributed by atoms with Crippen molar-refractivity contribution in [1.29, 1.82) is 0 Å². The molecule has 1 atom stereocenters. The van der Waals surface area contributed by atoms with Crippen molar-refractivity contribution in [3.05, 3.63) is 0 Å². The second kappa shape index (κ2) is 8.86. The quantitative estimate of drug-likeness (QED) is 0.602. The Morgan fingerprint density at radius 2 is 2.06 bits per heavy atom. The molecule has 0 bridgehead atoms. The van der Waals surface area contributed by atoms with Gasteiger partial charge in [0.15, 0.2) is 0 Å². The van der Waals surface area contributed by atoms with E-state index in [9.17, 15) is 5.11 Å². The van der Waals surface area contributed by atoms with Crippen molar-refractivity contribution in [2.75, 3.05) is 46.5 Å². The third kappa shape index (κ3) is 7.71. The van der Waals surface area contributed by atoms with E-state index in [4.69, 9.17) is 4.74 Å². The summed E-state index contributed by atoms with van der Waals surface area (Å²) in [6.07, 6.45) is 0. The standard InChI is InChI=1S/C13H30N2O2/c1-6-14-13(4,11-16)10-15(7-8-17-5)9-12(2)3/h12,14,16H,6-11H2,1-5H3. The molecular weight excluding hydrogens is 216 g/mol. The number of hydrogen-bond acceptors (Lipinski definition) is 4. The van der Waals surface area contributed by atoms with Crippen LogP contribution in [0.3, 0.4) is 0 Å². The SMILES string of the molecule is CCNC(C)(CO)CN(CCOC)CC(C)C. The topological polar surface area (TPSA) is 44.7 Å². The Balaban J connectivity index is 4.35. The predicted molar refractivity (Wildman–Crippen MR) is 72.3 cm³/mol. The Bertz CT molecular complexity index is 188. The van der Waals surface area contributed by atoms with Gasteiger partial charge in [0.1, 0.15) is 0 Å². The second-order valence-corrected chi connectivity index (χ2v) is 5.37. The maximum atomic E-state index is 9.50. The normalized spacial score (nSPS) is 15.5. The molecule has 0 aliphatic carbocycles. The number of nitrogens with one attached hydrogen (secondary N) is 1. The minimum Gasteiger partial charge on any atom is -0.394 e. The number of hydrogen-bond donors (Lipinski definition) is 2. The van der Waals surface area contributed by atoms with Crippen LogP contribution in [0, 0.1) is 5.92 Å². The van der Waals surface area contributed by atoms with Gasteiger partial charge in [-0.1, -0.05) is 20.8 Å². The van der Waals surface area contributed by atoms with Gasteiger partial charge in [0.05, 0.1) is 18.8 Å². The molecule has 0 aliphatic rings. The summed E-state index contributed by atoms with van der Waals surface area (Å²) in [4.78, 5) is 2.35. The molecule has 104 valence electrons. The van der Waals surface area contributed by atoms with E-state index in [0.717, 1.165) is 32.8 Å². The van der Waals surface area contributed by atoms with E-state index in [0.29, 0.717) is 5.92 Å². The predicted octanol–water partition coefficient (Wildman–Crippen LogP) is 0.951. The van der Waals surface area contributed by atoms with Crippen molar-refractivity contribution in [3.63, 3.8) is 0 Å². The molecule has 1 unspecified atom stereocenters. The molecule has 4 nitrogen and oxygen atoms in total. The summed E-state index contributed by atoms with van der Waals surface area (Å²) in [5, 5.41) is 12.9. The Morgan fingerprint density at radius 3 is 2.47 bits per heavy atom. The largest absolute Gasteiger partial charge is 0.394 e. The monoisotopic (exact) mass is 246 g/mol. The summed E-state index contributed by atoms with van der Waals surface area (Å²) >= 11 is 0. The molecule has 4 heteroatoms. The molecular formula is C13H30N2O2. The van der Waals surface area contributed by atoms with Crippen molar-refractivity contribution in [2.45, 2.75) is 33.2 Å². The van der Waals surface area contributed by atoms with Crippen LogP contribution in [0.25, 0.3) is 0 Å². The highest BCUT2D eigenvalue weighted by Gasteiger charge is 2.25. The van der Waals surface area contributed by atoms with Gasteiger partial charge in [0, 0.05) is 26.7 Å².